The highest BCUT2D eigenvalue weighted by Gasteiger charge is 2.13. The second kappa shape index (κ2) is 8.94. The zero-order valence-corrected chi connectivity index (χ0v) is 14.3. The summed E-state index contributed by atoms with van der Waals surface area (Å²) in [6, 6.07) is 11.9. The fourth-order valence-electron chi connectivity index (χ4n) is 2.36. The van der Waals surface area contributed by atoms with E-state index in [0.29, 0.717) is 0 Å². The van der Waals surface area contributed by atoms with Crippen LogP contribution in [0.1, 0.15) is 24.0 Å². The number of benzene rings is 1. The molecule has 0 atom stereocenters. The summed E-state index contributed by atoms with van der Waals surface area (Å²) in [5.74, 6) is 0. The third-order valence-corrected chi connectivity index (χ3v) is 3.58. The van der Waals surface area contributed by atoms with Gasteiger partial charge in [0.05, 0.1) is 5.71 Å². The quantitative estimate of drug-likeness (QED) is 0.722. The number of pyridine rings is 1. The maximum absolute atomic E-state index is 5.93. The highest BCUT2D eigenvalue weighted by atomic mass is 35.5. The summed E-state index contributed by atoms with van der Waals surface area (Å²) in [5, 5.41) is 0.761. The van der Waals surface area contributed by atoms with E-state index in [9.17, 15) is 0 Å². The van der Waals surface area contributed by atoms with Crippen LogP contribution in [0.4, 0.5) is 0 Å². The van der Waals surface area contributed by atoms with Crippen LogP contribution in [0.2, 0.25) is 5.02 Å². The number of hydrogen-bond donors (Lipinski definition) is 0. The first-order chi connectivity index (χ1) is 9.83. The van der Waals surface area contributed by atoms with Gasteiger partial charge in [-0.1, -0.05) is 23.7 Å². The first-order valence-corrected chi connectivity index (χ1v) is 7.12. The van der Waals surface area contributed by atoms with Crippen LogP contribution < -0.4 is 0 Å². The first-order valence-electron chi connectivity index (χ1n) is 6.74. The summed E-state index contributed by atoms with van der Waals surface area (Å²) < 4.78 is 0. The minimum absolute atomic E-state index is 0. The molecule has 5 heteroatoms. The van der Waals surface area contributed by atoms with Crippen molar-refractivity contribution in [3.8, 4) is 0 Å². The Morgan fingerprint density at radius 3 is 2.50 bits per heavy atom. The van der Waals surface area contributed by atoms with Gasteiger partial charge in [0.25, 0.3) is 0 Å². The lowest BCUT2D eigenvalue weighted by Gasteiger charge is -2.16. The van der Waals surface area contributed by atoms with Gasteiger partial charge in [0.15, 0.2) is 0 Å². The molecule has 1 aliphatic heterocycles. The Bertz CT molecular complexity index is 649. The minimum Gasteiger partial charge on any atom is -0.284 e. The van der Waals surface area contributed by atoms with Crippen molar-refractivity contribution in [1.82, 2.24) is 4.98 Å². The van der Waals surface area contributed by atoms with Crippen LogP contribution in [0.25, 0.3) is 6.08 Å². The van der Waals surface area contributed by atoms with Crippen molar-refractivity contribution < 1.29 is 0 Å². The normalized spacial score (nSPS) is 15.5. The van der Waals surface area contributed by atoms with Crippen molar-refractivity contribution in [3.05, 3.63) is 70.5 Å². The molecule has 1 aromatic heterocycles. The Labute approximate surface area is 148 Å². The van der Waals surface area contributed by atoms with Crippen LogP contribution in [-0.2, 0) is 0 Å². The van der Waals surface area contributed by atoms with E-state index in [1.54, 1.807) is 6.20 Å². The van der Waals surface area contributed by atoms with Gasteiger partial charge in [-0.15, -0.1) is 24.8 Å². The van der Waals surface area contributed by atoms with E-state index in [1.165, 1.54) is 5.57 Å². The SMILES string of the molecule is Cl.Cl.Clc1ccc(/C=C2\CCCN=C2c2cccnc2)cc1. The Morgan fingerprint density at radius 1 is 1.05 bits per heavy atom. The van der Waals surface area contributed by atoms with Crippen LogP contribution in [0.15, 0.2) is 59.4 Å². The summed E-state index contributed by atoms with van der Waals surface area (Å²) in [5.41, 5.74) is 4.58. The minimum atomic E-state index is 0. The molecule has 0 bridgehead atoms. The van der Waals surface area contributed by atoms with Gasteiger partial charge < -0.3 is 0 Å². The number of hydrogen-bond acceptors (Lipinski definition) is 2. The summed E-state index contributed by atoms with van der Waals surface area (Å²) >= 11 is 5.93. The average molecular weight is 356 g/mol. The van der Waals surface area contributed by atoms with Crippen molar-refractivity contribution in [3.63, 3.8) is 0 Å². The number of halogens is 3. The number of aromatic nitrogens is 1. The third kappa shape index (κ3) is 4.57. The molecule has 2 aromatic rings. The van der Waals surface area contributed by atoms with Crippen molar-refractivity contribution in [2.75, 3.05) is 6.54 Å². The molecule has 0 radical (unpaired) electrons. The van der Waals surface area contributed by atoms with Gasteiger partial charge in [-0.25, -0.2) is 0 Å². The van der Waals surface area contributed by atoms with E-state index < -0.39 is 0 Å². The van der Waals surface area contributed by atoms with E-state index in [2.05, 4.69) is 22.1 Å². The smallest absolute Gasteiger partial charge is 0.0694 e. The average Bonchev–Trinajstić information content (AvgIpc) is 2.51. The van der Waals surface area contributed by atoms with Crippen LogP contribution in [0.3, 0.4) is 0 Å². The van der Waals surface area contributed by atoms with E-state index in [0.717, 1.165) is 41.2 Å². The molecule has 1 aliphatic rings. The predicted octanol–water partition coefficient (Wildman–Crippen LogP) is 5.25. The van der Waals surface area contributed by atoms with Gasteiger partial charge in [0.1, 0.15) is 0 Å². The van der Waals surface area contributed by atoms with Gasteiger partial charge in [0.2, 0.25) is 0 Å². The number of rotatable bonds is 2. The number of aliphatic imine (C=N–C) groups is 1. The van der Waals surface area contributed by atoms with Crippen molar-refractivity contribution >= 4 is 48.2 Å². The van der Waals surface area contributed by atoms with E-state index >= 15 is 0 Å². The Balaban J connectivity index is 0.00000121. The van der Waals surface area contributed by atoms with Crippen LogP contribution in [0.5, 0.6) is 0 Å². The van der Waals surface area contributed by atoms with Gasteiger partial charge >= 0.3 is 0 Å². The van der Waals surface area contributed by atoms with E-state index in [1.807, 2.05) is 36.5 Å². The van der Waals surface area contributed by atoms with Crippen molar-refractivity contribution in [2.45, 2.75) is 12.8 Å². The zero-order valence-electron chi connectivity index (χ0n) is 11.9. The second-order valence-electron chi connectivity index (χ2n) is 4.80. The summed E-state index contributed by atoms with van der Waals surface area (Å²) in [4.78, 5) is 8.86. The fraction of sp³-hybridized carbons (Fsp3) is 0.176. The molecule has 22 heavy (non-hydrogen) atoms. The van der Waals surface area contributed by atoms with E-state index in [4.69, 9.17) is 11.6 Å². The third-order valence-electron chi connectivity index (χ3n) is 3.32. The largest absolute Gasteiger partial charge is 0.284 e. The molecule has 0 N–H and O–H groups in total. The Hall–Kier alpha value is -1.35. The lowest BCUT2D eigenvalue weighted by molar-refractivity contribution is 0.818. The first kappa shape index (κ1) is 18.7. The van der Waals surface area contributed by atoms with Gasteiger partial charge in [-0.3, -0.25) is 9.98 Å². The molecule has 2 nitrogen and oxygen atoms in total. The molecule has 0 amide bonds. The van der Waals surface area contributed by atoms with Crippen LogP contribution in [0, 0.1) is 0 Å². The molecule has 0 spiro atoms. The van der Waals surface area contributed by atoms with Gasteiger partial charge in [-0.2, -0.15) is 0 Å². The molecule has 116 valence electrons. The fourth-order valence-corrected chi connectivity index (χ4v) is 2.49. The lowest BCUT2D eigenvalue weighted by atomic mass is 9.95. The molecule has 0 fully saturated rings. The molecular formula is C17H17Cl3N2. The number of allylic oxidation sites excluding steroid dienone is 1. The molecule has 0 unspecified atom stereocenters. The molecule has 3 rings (SSSR count). The van der Waals surface area contributed by atoms with E-state index in [-0.39, 0.29) is 24.8 Å². The highest BCUT2D eigenvalue weighted by molar-refractivity contribution is 6.30. The van der Waals surface area contributed by atoms with Gasteiger partial charge in [0, 0.05) is 29.5 Å². The summed E-state index contributed by atoms with van der Waals surface area (Å²) in [6.07, 6.45) is 8.01. The summed E-state index contributed by atoms with van der Waals surface area (Å²) in [7, 11) is 0. The highest BCUT2D eigenvalue weighted by Crippen LogP contribution is 2.22. The summed E-state index contributed by atoms with van der Waals surface area (Å²) in [6.45, 7) is 0.891. The Kier molecular flexibility index (Phi) is 7.60. The zero-order chi connectivity index (χ0) is 13.8. The molecule has 0 saturated heterocycles. The van der Waals surface area contributed by atoms with Crippen LogP contribution >= 0.6 is 36.4 Å². The molecular weight excluding hydrogens is 339 g/mol. The maximum Gasteiger partial charge on any atom is 0.0694 e. The molecule has 0 aliphatic carbocycles. The molecule has 1 aromatic carbocycles. The predicted molar refractivity (Wildman–Crippen MR) is 98.8 cm³/mol. The van der Waals surface area contributed by atoms with Crippen molar-refractivity contribution in [2.24, 2.45) is 4.99 Å². The standard InChI is InChI=1S/C17H15ClN2.2ClH/c18-16-7-5-13(6-8-16)11-14-3-2-10-20-17(14)15-4-1-9-19-12-15;;/h1,4-9,11-12H,2-3,10H2;2*1H/b14-11+;;. The molecule has 0 saturated carbocycles. The second-order valence-corrected chi connectivity index (χ2v) is 5.23. The lowest BCUT2D eigenvalue weighted by Crippen LogP contribution is -2.11. The van der Waals surface area contributed by atoms with Crippen molar-refractivity contribution in [1.29, 1.82) is 0 Å². The van der Waals surface area contributed by atoms with Gasteiger partial charge in [-0.05, 0) is 54.3 Å². The maximum atomic E-state index is 5.93. The Morgan fingerprint density at radius 2 is 1.82 bits per heavy atom. The topological polar surface area (TPSA) is 25.2 Å². The monoisotopic (exact) mass is 354 g/mol. The number of nitrogens with zero attached hydrogens (tertiary/aromatic N) is 2. The molecule has 2 heterocycles. The van der Waals surface area contributed by atoms with Crippen LogP contribution in [-0.4, -0.2) is 17.2 Å².